The van der Waals surface area contributed by atoms with Gasteiger partial charge in [0.15, 0.2) is 0 Å². The van der Waals surface area contributed by atoms with E-state index in [9.17, 15) is 9.59 Å². The number of hydrogen-bond donors (Lipinski definition) is 2. The molecular weight excluding hydrogens is 322 g/mol. The number of rotatable bonds is 5. The number of carbonyl (C=O) groups is 2. The van der Waals surface area contributed by atoms with E-state index in [-0.39, 0.29) is 11.8 Å². The van der Waals surface area contributed by atoms with Crippen molar-refractivity contribution in [3.63, 3.8) is 0 Å². The summed E-state index contributed by atoms with van der Waals surface area (Å²) in [5.41, 5.74) is 0.445. The molecular formula is C16H20ClNO5. The molecule has 1 saturated carbocycles. The van der Waals surface area contributed by atoms with E-state index in [0.717, 1.165) is 6.42 Å². The second-order valence-electron chi connectivity index (χ2n) is 5.57. The predicted molar refractivity (Wildman–Crippen MR) is 86.3 cm³/mol. The fourth-order valence-electron chi connectivity index (χ4n) is 2.84. The molecule has 126 valence electrons. The number of halogens is 1. The topological polar surface area (TPSA) is 84.9 Å². The van der Waals surface area contributed by atoms with E-state index in [4.69, 9.17) is 26.2 Å². The molecule has 2 rings (SSSR count). The molecule has 1 fully saturated rings. The first-order valence-corrected chi connectivity index (χ1v) is 7.79. The lowest BCUT2D eigenvalue weighted by atomic mass is 9.81. The summed E-state index contributed by atoms with van der Waals surface area (Å²) in [6, 6.07) is 3.16. The molecule has 1 amide bonds. The third-order valence-corrected chi connectivity index (χ3v) is 4.42. The molecule has 2 N–H and O–H groups in total. The van der Waals surface area contributed by atoms with Crippen LogP contribution in [-0.4, -0.2) is 31.2 Å². The molecule has 0 aliphatic heterocycles. The van der Waals surface area contributed by atoms with Crippen molar-refractivity contribution in [1.82, 2.24) is 0 Å². The molecule has 0 spiro atoms. The first-order chi connectivity index (χ1) is 11.0. The van der Waals surface area contributed by atoms with Crippen LogP contribution in [-0.2, 0) is 9.59 Å². The Morgan fingerprint density at radius 2 is 1.83 bits per heavy atom. The molecule has 0 bridgehead atoms. The van der Waals surface area contributed by atoms with E-state index in [1.807, 2.05) is 0 Å². The van der Waals surface area contributed by atoms with Crippen molar-refractivity contribution in [2.24, 2.45) is 11.8 Å². The average molecular weight is 342 g/mol. The van der Waals surface area contributed by atoms with Gasteiger partial charge in [0, 0.05) is 12.0 Å². The summed E-state index contributed by atoms with van der Waals surface area (Å²) in [5.74, 6) is -0.949. The number of carboxylic acids is 1. The van der Waals surface area contributed by atoms with Gasteiger partial charge >= 0.3 is 5.97 Å². The van der Waals surface area contributed by atoms with Gasteiger partial charge in [-0.25, -0.2) is 0 Å². The van der Waals surface area contributed by atoms with E-state index in [1.54, 1.807) is 12.1 Å². The molecule has 2 unspecified atom stereocenters. The lowest BCUT2D eigenvalue weighted by Crippen LogP contribution is -2.31. The normalized spacial score (nSPS) is 20.7. The number of hydrogen-bond acceptors (Lipinski definition) is 4. The average Bonchev–Trinajstić information content (AvgIpc) is 2.55. The van der Waals surface area contributed by atoms with Gasteiger partial charge in [0.1, 0.15) is 11.5 Å². The molecule has 23 heavy (non-hydrogen) atoms. The molecule has 2 atom stereocenters. The number of carbonyl (C=O) groups excluding carboxylic acids is 1. The maximum Gasteiger partial charge on any atom is 0.306 e. The number of carboxylic acid groups (broad SMARTS) is 1. The Hall–Kier alpha value is -1.95. The molecule has 1 aromatic rings. The van der Waals surface area contributed by atoms with Crippen LogP contribution >= 0.6 is 11.6 Å². The van der Waals surface area contributed by atoms with Crippen LogP contribution in [0.25, 0.3) is 0 Å². The number of anilines is 1. The maximum absolute atomic E-state index is 12.4. The zero-order chi connectivity index (χ0) is 17.0. The van der Waals surface area contributed by atoms with Crippen molar-refractivity contribution < 1.29 is 24.2 Å². The zero-order valence-electron chi connectivity index (χ0n) is 13.1. The van der Waals surface area contributed by atoms with Crippen LogP contribution in [0.15, 0.2) is 12.1 Å². The van der Waals surface area contributed by atoms with Gasteiger partial charge in [-0.15, -0.1) is 0 Å². The van der Waals surface area contributed by atoms with E-state index >= 15 is 0 Å². The van der Waals surface area contributed by atoms with Crippen LogP contribution in [0.3, 0.4) is 0 Å². The van der Waals surface area contributed by atoms with Crippen LogP contribution in [0.1, 0.15) is 25.7 Å². The molecule has 0 aromatic heterocycles. The Kier molecular flexibility index (Phi) is 5.71. The van der Waals surface area contributed by atoms with Crippen LogP contribution in [0, 0.1) is 11.8 Å². The summed E-state index contributed by atoms with van der Waals surface area (Å²) in [6.45, 7) is 0. The maximum atomic E-state index is 12.4. The first kappa shape index (κ1) is 17.4. The van der Waals surface area contributed by atoms with Gasteiger partial charge < -0.3 is 19.9 Å². The second-order valence-corrected chi connectivity index (χ2v) is 5.98. The van der Waals surface area contributed by atoms with Gasteiger partial charge in [-0.1, -0.05) is 18.0 Å². The summed E-state index contributed by atoms with van der Waals surface area (Å²) in [6.07, 6.45) is 2.39. The molecule has 1 aromatic carbocycles. The smallest absolute Gasteiger partial charge is 0.306 e. The highest BCUT2D eigenvalue weighted by Gasteiger charge is 2.31. The Morgan fingerprint density at radius 1 is 1.17 bits per heavy atom. The second kappa shape index (κ2) is 7.55. The SMILES string of the molecule is COc1cc(OC)c(NC(=O)C2CCCC(C(=O)O)C2)cc1Cl. The number of methoxy groups -OCH3 is 2. The lowest BCUT2D eigenvalue weighted by molar-refractivity contribution is -0.143. The van der Waals surface area contributed by atoms with Crippen molar-refractivity contribution in [1.29, 1.82) is 0 Å². The Morgan fingerprint density at radius 3 is 2.43 bits per heavy atom. The number of aliphatic carboxylic acids is 1. The van der Waals surface area contributed by atoms with Gasteiger partial charge in [-0.2, -0.15) is 0 Å². The summed E-state index contributed by atoms with van der Waals surface area (Å²) < 4.78 is 10.4. The van der Waals surface area contributed by atoms with Gasteiger partial charge in [-0.3, -0.25) is 9.59 Å². The first-order valence-electron chi connectivity index (χ1n) is 7.41. The Labute approximate surface area is 139 Å². The van der Waals surface area contributed by atoms with Gasteiger partial charge in [-0.05, 0) is 25.3 Å². The highest BCUT2D eigenvalue weighted by Crippen LogP contribution is 2.37. The van der Waals surface area contributed by atoms with Crippen molar-refractivity contribution in [3.05, 3.63) is 17.2 Å². The summed E-state index contributed by atoms with van der Waals surface area (Å²) >= 11 is 6.08. The summed E-state index contributed by atoms with van der Waals surface area (Å²) in [7, 11) is 2.98. The minimum atomic E-state index is -0.840. The van der Waals surface area contributed by atoms with Crippen molar-refractivity contribution in [2.45, 2.75) is 25.7 Å². The minimum Gasteiger partial charge on any atom is -0.495 e. The standard InChI is InChI=1S/C16H20ClNO5/c1-22-13-8-14(23-2)12(7-11(13)17)18-15(19)9-4-3-5-10(6-9)16(20)21/h7-10H,3-6H2,1-2H3,(H,18,19)(H,20,21). The molecule has 7 heteroatoms. The van der Waals surface area contributed by atoms with Gasteiger partial charge in [0.2, 0.25) is 5.91 Å². The van der Waals surface area contributed by atoms with E-state index < -0.39 is 11.9 Å². The van der Waals surface area contributed by atoms with Crippen molar-refractivity contribution in [3.8, 4) is 11.5 Å². The van der Waals surface area contributed by atoms with Gasteiger partial charge in [0.25, 0.3) is 0 Å². The van der Waals surface area contributed by atoms with E-state index in [1.165, 1.54) is 14.2 Å². The Balaban J connectivity index is 2.13. The van der Waals surface area contributed by atoms with E-state index in [0.29, 0.717) is 41.5 Å². The van der Waals surface area contributed by atoms with Crippen molar-refractivity contribution in [2.75, 3.05) is 19.5 Å². The fraction of sp³-hybridized carbons (Fsp3) is 0.500. The molecule has 1 aliphatic rings. The number of ether oxygens (including phenoxy) is 2. The number of nitrogens with one attached hydrogen (secondary N) is 1. The molecule has 0 radical (unpaired) electrons. The van der Waals surface area contributed by atoms with Crippen LogP contribution in [0.4, 0.5) is 5.69 Å². The Bertz CT molecular complexity index is 604. The minimum absolute atomic E-state index is 0.213. The largest absolute Gasteiger partial charge is 0.495 e. The molecule has 0 heterocycles. The number of amides is 1. The monoisotopic (exact) mass is 341 g/mol. The third kappa shape index (κ3) is 4.07. The van der Waals surface area contributed by atoms with Gasteiger partial charge in [0.05, 0.1) is 30.8 Å². The highest BCUT2D eigenvalue weighted by atomic mass is 35.5. The predicted octanol–water partition coefficient (Wildman–Crippen LogP) is 3.19. The van der Waals surface area contributed by atoms with Crippen LogP contribution in [0.2, 0.25) is 5.02 Å². The van der Waals surface area contributed by atoms with Crippen molar-refractivity contribution >= 4 is 29.2 Å². The molecule has 1 aliphatic carbocycles. The quantitative estimate of drug-likeness (QED) is 0.859. The number of benzene rings is 1. The fourth-order valence-corrected chi connectivity index (χ4v) is 3.09. The zero-order valence-corrected chi connectivity index (χ0v) is 13.9. The molecule has 0 saturated heterocycles. The lowest BCUT2D eigenvalue weighted by Gasteiger charge is -2.26. The van der Waals surface area contributed by atoms with Crippen LogP contribution < -0.4 is 14.8 Å². The van der Waals surface area contributed by atoms with E-state index in [2.05, 4.69) is 5.32 Å². The third-order valence-electron chi connectivity index (χ3n) is 4.13. The molecule has 6 nitrogen and oxygen atoms in total. The highest BCUT2D eigenvalue weighted by molar-refractivity contribution is 6.32. The summed E-state index contributed by atoms with van der Waals surface area (Å²) in [5, 5.41) is 12.3. The van der Waals surface area contributed by atoms with Crippen LogP contribution in [0.5, 0.6) is 11.5 Å². The summed E-state index contributed by atoms with van der Waals surface area (Å²) in [4.78, 5) is 23.5.